The fourth-order valence-electron chi connectivity index (χ4n) is 4.05. The highest BCUT2D eigenvalue weighted by Gasteiger charge is 2.16. The number of thioether (sulfide) groups is 1. The summed E-state index contributed by atoms with van der Waals surface area (Å²) >= 11 is 3.46. The molecule has 7 heteroatoms. The van der Waals surface area contributed by atoms with Gasteiger partial charge in [-0.2, -0.15) is 0 Å². The van der Waals surface area contributed by atoms with Crippen LogP contribution in [0, 0.1) is 0 Å². The van der Waals surface area contributed by atoms with Crippen LogP contribution in [0.15, 0.2) is 58.9 Å². The Bertz CT molecular complexity index is 1450. The van der Waals surface area contributed by atoms with Crippen molar-refractivity contribution in [2.45, 2.75) is 10.1 Å². The molecule has 1 heterocycles. The van der Waals surface area contributed by atoms with Gasteiger partial charge in [-0.3, -0.25) is 0 Å². The molecule has 0 amide bonds. The number of methoxy groups -OCH3 is 4. The van der Waals surface area contributed by atoms with E-state index < -0.39 is 0 Å². The highest BCUT2D eigenvalue weighted by atomic mass is 32.2. The number of aromatic nitrogens is 1. The van der Waals surface area contributed by atoms with Gasteiger partial charge in [0.25, 0.3) is 0 Å². The number of nitrogens with zero attached hydrogens (tertiary/aromatic N) is 1. The fourth-order valence-corrected chi connectivity index (χ4v) is 6.11. The van der Waals surface area contributed by atoms with Crippen LogP contribution in [0.2, 0.25) is 0 Å². The van der Waals surface area contributed by atoms with Crippen molar-refractivity contribution < 1.29 is 18.9 Å². The van der Waals surface area contributed by atoms with E-state index in [1.807, 2.05) is 30.3 Å². The van der Waals surface area contributed by atoms with E-state index in [-0.39, 0.29) is 0 Å². The molecule has 0 aliphatic rings. The zero-order valence-corrected chi connectivity index (χ0v) is 20.4. The molecule has 5 aromatic rings. The molecule has 168 valence electrons. The molecule has 5 nitrogen and oxygen atoms in total. The first-order chi connectivity index (χ1) is 16.1. The van der Waals surface area contributed by atoms with E-state index >= 15 is 0 Å². The van der Waals surface area contributed by atoms with Gasteiger partial charge in [-0.15, -0.1) is 11.3 Å². The maximum Gasteiger partial charge on any atom is 0.161 e. The van der Waals surface area contributed by atoms with E-state index in [4.69, 9.17) is 23.9 Å². The first-order valence-corrected chi connectivity index (χ1v) is 12.2. The predicted octanol–water partition coefficient (Wildman–Crippen LogP) is 6.93. The number of hydrogen-bond acceptors (Lipinski definition) is 7. The summed E-state index contributed by atoms with van der Waals surface area (Å²) in [4.78, 5) is 4.78. The lowest BCUT2D eigenvalue weighted by molar-refractivity contribution is 0.355. The number of hydrogen-bond donors (Lipinski definition) is 0. The highest BCUT2D eigenvalue weighted by molar-refractivity contribution is 8.00. The Morgan fingerprint density at radius 2 is 1.33 bits per heavy atom. The van der Waals surface area contributed by atoms with Gasteiger partial charge in [-0.1, -0.05) is 23.9 Å². The molecule has 0 aliphatic heterocycles. The molecule has 0 radical (unpaired) electrons. The number of benzene rings is 4. The molecular weight excluding hydrogens is 454 g/mol. The minimum Gasteiger partial charge on any atom is -0.493 e. The lowest BCUT2D eigenvalue weighted by atomic mass is 9.96. The molecule has 33 heavy (non-hydrogen) atoms. The molecule has 0 saturated heterocycles. The van der Waals surface area contributed by atoms with Crippen LogP contribution < -0.4 is 18.9 Å². The first kappa shape index (κ1) is 21.7. The second-order valence-corrected chi connectivity index (χ2v) is 9.71. The van der Waals surface area contributed by atoms with Gasteiger partial charge in [0.05, 0.1) is 38.7 Å². The molecule has 0 bridgehead atoms. The minimum atomic E-state index is 0.692. The fraction of sp³-hybridized carbons (Fsp3) is 0.192. The largest absolute Gasteiger partial charge is 0.493 e. The van der Waals surface area contributed by atoms with E-state index in [0.29, 0.717) is 23.0 Å². The van der Waals surface area contributed by atoms with E-state index in [2.05, 4.69) is 24.3 Å². The van der Waals surface area contributed by atoms with Gasteiger partial charge in [-0.05, 0) is 69.6 Å². The number of rotatable bonds is 7. The van der Waals surface area contributed by atoms with Crippen molar-refractivity contribution in [2.24, 2.45) is 0 Å². The molecule has 0 unspecified atom stereocenters. The maximum absolute atomic E-state index is 5.61. The average molecular weight is 478 g/mol. The molecule has 1 aromatic heterocycles. The van der Waals surface area contributed by atoms with Crippen LogP contribution >= 0.6 is 23.1 Å². The summed E-state index contributed by atoms with van der Waals surface area (Å²) in [5.74, 6) is 3.57. The van der Waals surface area contributed by atoms with Crippen molar-refractivity contribution in [3.05, 3.63) is 60.2 Å². The molecular formula is C26H23NO4S2. The number of para-hydroxylation sites is 1. The highest BCUT2D eigenvalue weighted by Crippen LogP contribution is 2.42. The monoisotopic (exact) mass is 477 g/mol. The zero-order chi connectivity index (χ0) is 22.9. The molecule has 0 spiro atoms. The molecule has 0 aliphatic carbocycles. The van der Waals surface area contributed by atoms with Gasteiger partial charge in [0, 0.05) is 5.75 Å². The Morgan fingerprint density at radius 1 is 0.727 bits per heavy atom. The second-order valence-electron chi connectivity index (χ2n) is 7.45. The minimum absolute atomic E-state index is 0.692. The van der Waals surface area contributed by atoms with Crippen LogP contribution in [0.5, 0.6) is 23.0 Å². The Hall–Kier alpha value is -3.16. The van der Waals surface area contributed by atoms with Crippen molar-refractivity contribution in [1.82, 2.24) is 4.98 Å². The van der Waals surface area contributed by atoms with Crippen LogP contribution in [-0.4, -0.2) is 33.4 Å². The van der Waals surface area contributed by atoms with Gasteiger partial charge in [-0.25, -0.2) is 4.98 Å². The SMILES string of the molecule is COc1cc2cc(CSc3nc4ccccc4s3)c3cc(OC)c(OC)cc3c2cc1OC. The third kappa shape index (κ3) is 3.92. The van der Waals surface area contributed by atoms with Crippen molar-refractivity contribution in [1.29, 1.82) is 0 Å². The maximum atomic E-state index is 5.61. The van der Waals surface area contributed by atoms with Crippen molar-refractivity contribution in [3.63, 3.8) is 0 Å². The predicted molar refractivity (Wildman–Crippen MR) is 137 cm³/mol. The Morgan fingerprint density at radius 3 is 2.00 bits per heavy atom. The molecule has 4 aromatic carbocycles. The lowest BCUT2D eigenvalue weighted by Gasteiger charge is -2.16. The molecule has 5 rings (SSSR count). The zero-order valence-electron chi connectivity index (χ0n) is 18.8. The summed E-state index contributed by atoms with van der Waals surface area (Å²) in [6, 6.07) is 18.6. The van der Waals surface area contributed by atoms with E-state index in [0.717, 1.165) is 37.2 Å². The Kier molecular flexibility index (Phi) is 5.91. The van der Waals surface area contributed by atoms with Gasteiger partial charge >= 0.3 is 0 Å². The summed E-state index contributed by atoms with van der Waals surface area (Å²) in [6.45, 7) is 0. The standard InChI is InChI=1S/C26H23NO4S2/c1-28-21-10-15-9-16(14-32-26-27-20-7-5-6-8-25(20)33-26)18-12-23(30-3)24(31-4)13-19(18)17(15)11-22(21)29-2/h5-13H,14H2,1-4H3. The van der Waals surface area contributed by atoms with Crippen LogP contribution in [0.3, 0.4) is 0 Å². The van der Waals surface area contributed by atoms with E-state index in [1.165, 1.54) is 10.3 Å². The van der Waals surface area contributed by atoms with Crippen LogP contribution in [-0.2, 0) is 5.75 Å². The second kappa shape index (κ2) is 9.00. The first-order valence-electron chi connectivity index (χ1n) is 10.4. The van der Waals surface area contributed by atoms with Gasteiger partial charge < -0.3 is 18.9 Å². The van der Waals surface area contributed by atoms with Crippen LogP contribution in [0.1, 0.15) is 5.56 Å². The number of ether oxygens (including phenoxy) is 4. The number of fused-ring (bicyclic) bond motifs is 4. The van der Waals surface area contributed by atoms with Gasteiger partial charge in [0.1, 0.15) is 0 Å². The third-order valence-electron chi connectivity index (χ3n) is 5.67. The summed E-state index contributed by atoms with van der Waals surface area (Å²) in [6.07, 6.45) is 0. The molecule has 0 N–H and O–H groups in total. The van der Waals surface area contributed by atoms with Crippen molar-refractivity contribution in [3.8, 4) is 23.0 Å². The summed E-state index contributed by atoms with van der Waals surface area (Å²) in [5, 5.41) is 4.33. The molecule has 0 fully saturated rings. The smallest absolute Gasteiger partial charge is 0.161 e. The van der Waals surface area contributed by atoms with Gasteiger partial charge in [0.15, 0.2) is 27.3 Å². The van der Waals surface area contributed by atoms with Crippen molar-refractivity contribution in [2.75, 3.05) is 28.4 Å². The quantitative estimate of drug-likeness (QED) is 0.187. The van der Waals surface area contributed by atoms with Crippen molar-refractivity contribution >= 4 is 54.9 Å². The summed E-state index contributed by atoms with van der Waals surface area (Å²) < 4.78 is 24.6. The topological polar surface area (TPSA) is 49.8 Å². The third-order valence-corrected chi connectivity index (χ3v) is 7.90. The Balaban J connectivity index is 1.67. The Labute approximate surface area is 200 Å². The summed E-state index contributed by atoms with van der Waals surface area (Å²) in [5.41, 5.74) is 2.23. The average Bonchev–Trinajstić information content (AvgIpc) is 3.28. The van der Waals surface area contributed by atoms with E-state index in [1.54, 1.807) is 51.5 Å². The van der Waals surface area contributed by atoms with Crippen LogP contribution in [0.4, 0.5) is 0 Å². The van der Waals surface area contributed by atoms with E-state index in [9.17, 15) is 0 Å². The number of thiazole rings is 1. The summed E-state index contributed by atoms with van der Waals surface area (Å²) in [7, 11) is 6.62. The molecule has 0 saturated carbocycles. The lowest BCUT2D eigenvalue weighted by Crippen LogP contribution is -1.95. The molecule has 0 atom stereocenters. The van der Waals surface area contributed by atoms with Gasteiger partial charge in [0.2, 0.25) is 0 Å². The normalized spacial score (nSPS) is 11.3. The van der Waals surface area contributed by atoms with Crippen LogP contribution in [0.25, 0.3) is 31.8 Å².